The zero-order valence-corrected chi connectivity index (χ0v) is 9.47. The molecule has 0 unspecified atom stereocenters. The summed E-state index contributed by atoms with van der Waals surface area (Å²) in [5.74, 6) is 0.853. The van der Waals surface area contributed by atoms with Gasteiger partial charge < -0.3 is 10.1 Å². The van der Waals surface area contributed by atoms with Crippen molar-refractivity contribution in [1.29, 1.82) is 0 Å². The van der Waals surface area contributed by atoms with E-state index >= 15 is 0 Å². The van der Waals surface area contributed by atoms with Gasteiger partial charge in [0.05, 0.1) is 19.0 Å². The molecule has 84 valence electrons. The summed E-state index contributed by atoms with van der Waals surface area (Å²) in [5.41, 5.74) is 2.14. The van der Waals surface area contributed by atoms with Crippen LogP contribution in [0.2, 0.25) is 0 Å². The van der Waals surface area contributed by atoms with Crippen molar-refractivity contribution in [3.63, 3.8) is 0 Å². The Kier molecular flexibility index (Phi) is 3.10. The van der Waals surface area contributed by atoms with E-state index in [-0.39, 0.29) is 0 Å². The van der Waals surface area contributed by atoms with E-state index in [2.05, 4.69) is 10.4 Å². The Balaban J connectivity index is 2.04. The SMILES string of the molecule is COc1ccccc1NCc1cnn(C)c1. The van der Waals surface area contributed by atoms with Crippen molar-refractivity contribution >= 4 is 5.69 Å². The quantitative estimate of drug-likeness (QED) is 0.851. The van der Waals surface area contributed by atoms with Crippen molar-refractivity contribution < 1.29 is 4.74 Å². The fourth-order valence-corrected chi connectivity index (χ4v) is 1.55. The summed E-state index contributed by atoms with van der Waals surface area (Å²) in [4.78, 5) is 0. The van der Waals surface area contributed by atoms with E-state index in [1.807, 2.05) is 43.7 Å². The molecule has 0 spiro atoms. The Bertz CT molecular complexity index is 465. The van der Waals surface area contributed by atoms with Crippen molar-refractivity contribution in [2.24, 2.45) is 7.05 Å². The second-order valence-corrected chi connectivity index (χ2v) is 3.58. The fraction of sp³-hybridized carbons (Fsp3) is 0.250. The maximum atomic E-state index is 5.26. The molecule has 2 aromatic rings. The maximum absolute atomic E-state index is 5.26. The van der Waals surface area contributed by atoms with E-state index in [0.29, 0.717) is 0 Å². The van der Waals surface area contributed by atoms with Gasteiger partial charge in [0.2, 0.25) is 0 Å². The topological polar surface area (TPSA) is 39.1 Å². The minimum absolute atomic E-state index is 0.744. The first-order chi connectivity index (χ1) is 7.79. The third-order valence-corrected chi connectivity index (χ3v) is 2.35. The van der Waals surface area contributed by atoms with Crippen molar-refractivity contribution in [1.82, 2.24) is 9.78 Å². The standard InChI is InChI=1S/C12H15N3O/c1-15-9-10(8-14-15)7-13-11-5-3-4-6-12(11)16-2/h3-6,8-9,13H,7H2,1-2H3. The van der Waals surface area contributed by atoms with Gasteiger partial charge in [-0.05, 0) is 12.1 Å². The highest BCUT2D eigenvalue weighted by Gasteiger charge is 2.01. The van der Waals surface area contributed by atoms with Crippen LogP contribution in [-0.4, -0.2) is 16.9 Å². The van der Waals surface area contributed by atoms with Crippen molar-refractivity contribution in [3.05, 3.63) is 42.2 Å². The molecule has 0 amide bonds. The van der Waals surface area contributed by atoms with Gasteiger partial charge in [-0.15, -0.1) is 0 Å². The summed E-state index contributed by atoms with van der Waals surface area (Å²) >= 11 is 0. The van der Waals surface area contributed by atoms with E-state index < -0.39 is 0 Å². The van der Waals surface area contributed by atoms with Crippen LogP contribution in [0.5, 0.6) is 5.75 Å². The lowest BCUT2D eigenvalue weighted by Gasteiger charge is -2.09. The third kappa shape index (κ3) is 2.34. The molecule has 2 rings (SSSR count). The molecule has 16 heavy (non-hydrogen) atoms. The van der Waals surface area contributed by atoms with Gasteiger partial charge in [0.25, 0.3) is 0 Å². The number of ether oxygens (including phenoxy) is 1. The van der Waals surface area contributed by atoms with Crippen molar-refractivity contribution in [2.45, 2.75) is 6.54 Å². The van der Waals surface area contributed by atoms with Crippen LogP contribution in [0.15, 0.2) is 36.7 Å². The average Bonchev–Trinajstić information content (AvgIpc) is 2.73. The molecule has 0 atom stereocenters. The predicted octanol–water partition coefficient (Wildman–Crippen LogP) is 2.04. The summed E-state index contributed by atoms with van der Waals surface area (Å²) < 4.78 is 7.05. The molecule has 0 saturated carbocycles. The average molecular weight is 217 g/mol. The zero-order chi connectivity index (χ0) is 11.4. The Labute approximate surface area is 94.9 Å². The molecular weight excluding hydrogens is 202 g/mol. The molecule has 0 saturated heterocycles. The smallest absolute Gasteiger partial charge is 0.141 e. The number of benzene rings is 1. The van der Waals surface area contributed by atoms with Crippen molar-refractivity contribution in [2.75, 3.05) is 12.4 Å². The Morgan fingerprint density at radius 2 is 2.19 bits per heavy atom. The normalized spacial score (nSPS) is 10.1. The number of nitrogens with one attached hydrogen (secondary N) is 1. The lowest BCUT2D eigenvalue weighted by atomic mass is 10.2. The maximum Gasteiger partial charge on any atom is 0.141 e. The molecule has 1 aromatic heterocycles. The van der Waals surface area contributed by atoms with Crippen LogP contribution in [0.1, 0.15) is 5.56 Å². The van der Waals surface area contributed by atoms with E-state index in [0.717, 1.165) is 23.5 Å². The van der Waals surface area contributed by atoms with Crippen molar-refractivity contribution in [3.8, 4) is 5.75 Å². The second kappa shape index (κ2) is 4.70. The highest BCUT2D eigenvalue weighted by atomic mass is 16.5. The first-order valence-corrected chi connectivity index (χ1v) is 5.14. The van der Waals surface area contributed by atoms with Gasteiger partial charge in [-0.25, -0.2) is 0 Å². The third-order valence-electron chi connectivity index (χ3n) is 2.35. The van der Waals surface area contributed by atoms with Crippen LogP contribution < -0.4 is 10.1 Å². The van der Waals surface area contributed by atoms with E-state index in [1.165, 1.54) is 0 Å². The first-order valence-electron chi connectivity index (χ1n) is 5.14. The Hall–Kier alpha value is -1.97. The van der Waals surface area contributed by atoms with Gasteiger partial charge in [-0.2, -0.15) is 5.10 Å². The second-order valence-electron chi connectivity index (χ2n) is 3.58. The summed E-state index contributed by atoms with van der Waals surface area (Å²) in [6, 6.07) is 7.86. The first kappa shape index (κ1) is 10.5. The van der Waals surface area contributed by atoms with Gasteiger partial charge in [0.1, 0.15) is 5.75 Å². The lowest BCUT2D eigenvalue weighted by Crippen LogP contribution is -2.00. The van der Waals surface area contributed by atoms with E-state index in [1.54, 1.807) is 11.8 Å². The summed E-state index contributed by atoms with van der Waals surface area (Å²) in [5, 5.41) is 7.43. The molecule has 0 fully saturated rings. The number of anilines is 1. The molecule has 1 heterocycles. The number of aromatic nitrogens is 2. The number of aryl methyl sites for hydroxylation is 1. The van der Waals surface area contributed by atoms with Crippen LogP contribution in [-0.2, 0) is 13.6 Å². The summed E-state index contributed by atoms with van der Waals surface area (Å²) in [6.07, 6.45) is 3.84. The molecule has 0 bridgehead atoms. The Morgan fingerprint density at radius 3 is 2.88 bits per heavy atom. The molecule has 0 aliphatic carbocycles. The number of para-hydroxylation sites is 2. The highest BCUT2D eigenvalue weighted by molar-refractivity contribution is 5.56. The van der Waals surface area contributed by atoms with E-state index in [9.17, 15) is 0 Å². The van der Waals surface area contributed by atoms with Crippen LogP contribution in [0.3, 0.4) is 0 Å². The number of hydrogen-bond donors (Lipinski definition) is 1. The van der Waals surface area contributed by atoms with Crippen LogP contribution in [0, 0.1) is 0 Å². The summed E-state index contributed by atoms with van der Waals surface area (Å²) in [7, 11) is 3.58. The van der Waals surface area contributed by atoms with Gasteiger partial charge in [-0.1, -0.05) is 12.1 Å². The predicted molar refractivity (Wildman–Crippen MR) is 63.5 cm³/mol. The number of rotatable bonds is 4. The van der Waals surface area contributed by atoms with Crippen LogP contribution in [0.4, 0.5) is 5.69 Å². The minimum Gasteiger partial charge on any atom is -0.495 e. The van der Waals surface area contributed by atoms with Gasteiger partial charge in [0, 0.05) is 25.4 Å². The van der Waals surface area contributed by atoms with Crippen LogP contribution >= 0.6 is 0 Å². The Morgan fingerprint density at radius 1 is 1.38 bits per heavy atom. The van der Waals surface area contributed by atoms with Gasteiger partial charge >= 0.3 is 0 Å². The van der Waals surface area contributed by atoms with Gasteiger partial charge in [-0.3, -0.25) is 4.68 Å². The highest BCUT2D eigenvalue weighted by Crippen LogP contribution is 2.23. The molecular formula is C12H15N3O. The number of hydrogen-bond acceptors (Lipinski definition) is 3. The zero-order valence-electron chi connectivity index (χ0n) is 9.47. The summed E-state index contributed by atoms with van der Waals surface area (Å²) in [6.45, 7) is 0.744. The molecule has 0 aliphatic heterocycles. The van der Waals surface area contributed by atoms with Gasteiger partial charge in [0.15, 0.2) is 0 Å². The monoisotopic (exact) mass is 217 g/mol. The largest absolute Gasteiger partial charge is 0.495 e. The molecule has 0 aliphatic rings. The molecule has 1 N–H and O–H groups in total. The number of nitrogens with zero attached hydrogens (tertiary/aromatic N) is 2. The molecule has 0 radical (unpaired) electrons. The molecule has 1 aromatic carbocycles. The fourth-order valence-electron chi connectivity index (χ4n) is 1.55. The minimum atomic E-state index is 0.744. The lowest BCUT2D eigenvalue weighted by molar-refractivity contribution is 0.416. The van der Waals surface area contributed by atoms with Crippen LogP contribution in [0.25, 0.3) is 0 Å². The number of methoxy groups -OCH3 is 1. The van der Waals surface area contributed by atoms with E-state index in [4.69, 9.17) is 4.74 Å². The molecule has 4 heteroatoms. The molecule has 4 nitrogen and oxygen atoms in total.